The third-order valence-corrected chi connectivity index (χ3v) is 5.86. The molecule has 1 nitrogen and oxygen atoms in total. The normalized spacial score (nSPS) is 16.4. The zero-order chi connectivity index (χ0) is 12.4. The molecule has 0 spiro atoms. The van der Waals surface area contributed by atoms with Crippen molar-refractivity contribution in [2.45, 2.75) is 53.4 Å². The van der Waals surface area contributed by atoms with Crippen LogP contribution in [0.25, 0.3) is 0 Å². The first-order chi connectivity index (χ1) is 7.67. The number of hydrogen-bond acceptors (Lipinski definition) is 1. The number of unbranched alkanes of at least 4 members (excludes halogenated alkanes) is 1. The van der Waals surface area contributed by atoms with Crippen molar-refractivity contribution in [2.75, 3.05) is 17.3 Å². The van der Waals surface area contributed by atoms with E-state index in [1.807, 2.05) is 0 Å². The molecule has 0 heterocycles. The summed E-state index contributed by atoms with van der Waals surface area (Å²) in [6.07, 6.45) is 5.38. The Balaban J connectivity index is 4.01. The molecule has 0 radical (unpaired) electrons. The summed E-state index contributed by atoms with van der Waals surface area (Å²) < 4.78 is 0. The van der Waals surface area contributed by atoms with Crippen LogP contribution in [0.3, 0.4) is 0 Å². The van der Waals surface area contributed by atoms with Crippen LogP contribution in [0.5, 0.6) is 0 Å². The second kappa shape index (κ2) is 10.0. The molecular formula is C14H28NS+. The average Bonchev–Trinajstić information content (AvgIpc) is 2.32. The van der Waals surface area contributed by atoms with Gasteiger partial charge in [0.15, 0.2) is 0 Å². The van der Waals surface area contributed by atoms with E-state index in [0.717, 1.165) is 11.7 Å². The fourth-order valence-corrected chi connectivity index (χ4v) is 4.38. The first-order valence-electron chi connectivity index (χ1n) is 6.71. The van der Waals surface area contributed by atoms with Crippen LogP contribution in [0.2, 0.25) is 0 Å². The average molecular weight is 242 g/mol. The summed E-state index contributed by atoms with van der Waals surface area (Å²) in [6.45, 7) is 8.91. The molecule has 0 aromatic carbocycles. The summed E-state index contributed by atoms with van der Waals surface area (Å²) in [5.41, 5.74) is 0. The Morgan fingerprint density at radius 2 is 1.88 bits per heavy atom. The van der Waals surface area contributed by atoms with Crippen molar-refractivity contribution in [2.24, 2.45) is 11.8 Å². The Kier molecular flexibility index (Phi) is 9.92. The minimum absolute atomic E-state index is 0.243. The van der Waals surface area contributed by atoms with E-state index >= 15 is 0 Å². The van der Waals surface area contributed by atoms with Crippen molar-refractivity contribution >= 4 is 10.9 Å². The first kappa shape index (κ1) is 15.8. The Bertz CT molecular complexity index is 197. The summed E-state index contributed by atoms with van der Waals surface area (Å²) in [5.74, 6) is 4.88. The van der Waals surface area contributed by atoms with Gasteiger partial charge in [0.25, 0.3) is 0 Å². The lowest BCUT2D eigenvalue weighted by molar-refractivity contribution is 0.497. The summed E-state index contributed by atoms with van der Waals surface area (Å²) >= 11 is 0. The molecule has 0 aliphatic carbocycles. The molecule has 0 rings (SSSR count). The summed E-state index contributed by atoms with van der Waals surface area (Å²) in [4.78, 5) is 0. The van der Waals surface area contributed by atoms with Crippen molar-refractivity contribution in [1.82, 2.24) is 0 Å². The molecule has 94 valence electrons. The van der Waals surface area contributed by atoms with E-state index in [4.69, 9.17) is 5.26 Å². The quantitative estimate of drug-likeness (QED) is 0.561. The van der Waals surface area contributed by atoms with E-state index in [1.54, 1.807) is 0 Å². The molecule has 2 heteroatoms. The van der Waals surface area contributed by atoms with Gasteiger partial charge in [-0.2, -0.15) is 5.26 Å². The lowest BCUT2D eigenvalue weighted by Gasteiger charge is -2.15. The van der Waals surface area contributed by atoms with Crippen LogP contribution in [-0.4, -0.2) is 17.3 Å². The van der Waals surface area contributed by atoms with Gasteiger partial charge in [-0.3, -0.25) is 0 Å². The van der Waals surface area contributed by atoms with Gasteiger partial charge in [0.1, 0.15) is 17.3 Å². The van der Waals surface area contributed by atoms with Crippen molar-refractivity contribution in [3.8, 4) is 6.07 Å². The third-order valence-electron chi connectivity index (χ3n) is 3.13. The smallest absolute Gasteiger partial charge is 0.123 e. The van der Waals surface area contributed by atoms with Crippen LogP contribution >= 0.6 is 0 Å². The van der Waals surface area contributed by atoms with Crippen molar-refractivity contribution in [3.05, 3.63) is 0 Å². The van der Waals surface area contributed by atoms with Gasteiger partial charge in [-0.05, 0) is 37.6 Å². The molecule has 0 aliphatic rings. The predicted octanol–water partition coefficient (Wildman–Crippen LogP) is 4.00. The fourth-order valence-electron chi connectivity index (χ4n) is 1.93. The minimum Gasteiger partial charge on any atom is -0.198 e. The minimum atomic E-state index is 0.243. The zero-order valence-corrected chi connectivity index (χ0v) is 12.3. The number of rotatable bonds is 9. The summed E-state index contributed by atoms with van der Waals surface area (Å²) in [6, 6.07) is 2.37. The van der Waals surface area contributed by atoms with Crippen LogP contribution < -0.4 is 0 Å². The van der Waals surface area contributed by atoms with Gasteiger partial charge in [-0.15, -0.1) is 0 Å². The second-order valence-electron chi connectivity index (χ2n) is 4.68. The van der Waals surface area contributed by atoms with Crippen LogP contribution in [0, 0.1) is 23.2 Å². The summed E-state index contributed by atoms with van der Waals surface area (Å²) in [5, 5.41) is 8.87. The maximum atomic E-state index is 8.87. The monoisotopic (exact) mass is 242 g/mol. The van der Waals surface area contributed by atoms with Crippen molar-refractivity contribution in [3.63, 3.8) is 0 Å². The van der Waals surface area contributed by atoms with E-state index in [2.05, 4.69) is 33.8 Å². The molecule has 0 fully saturated rings. The van der Waals surface area contributed by atoms with E-state index in [9.17, 15) is 0 Å². The van der Waals surface area contributed by atoms with E-state index < -0.39 is 0 Å². The van der Waals surface area contributed by atoms with Crippen molar-refractivity contribution < 1.29 is 0 Å². The van der Waals surface area contributed by atoms with Crippen LogP contribution in [-0.2, 0) is 10.9 Å². The SMILES string of the molecule is CCCC[C@H](CC)C[S+](CC)C[C@@H](C)C#N. The Hall–Kier alpha value is -0.160. The molecular weight excluding hydrogens is 214 g/mol. The lowest BCUT2D eigenvalue weighted by Crippen LogP contribution is -2.24. The molecule has 0 saturated carbocycles. The highest BCUT2D eigenvalue weighted by atomic mass is 32.2. The first-order valence-corrected chi connectivity index (χ1v) is 8.44. The van der Waals surface area contributed by atoms with E-state index in [-0.39, 0.29) is 5.92 Å². The van der Waals surface area contributed by atoms with Crippen LogP contribution in [0.15, 0.2) is 0 Å². The van der Waals surface area contributed by atoms with Gasteiger partial charge < -0.3 is 0 Å². The van der Waals surface area contributed by atoms with E-state index in [0.29, 0.717) is 10.9 Å². The van der Waals surface area contributed by atoms with E-state index in [1.165, 1.54) is 37.2 Å². The van der Waals surface area contributed by atoms with Gasteiger partial charge in [0.05, 0.1) is 12.0 Å². The Morgan fingerprint density at radius 3 is 2.31 bits per heavy atom. The second-order valence-corrected chi connectivity index (χ2v) is 7.15. The highest BCUT2D eigenvalue weighted by Gasteiger charge is 2.23. The number of nitrogens with zero attached hydrogens (tertiary/aromatic N) is 1. The third kappa shape index (κ3) is 7.17. The predicted molar refractivity (Wildman–Crippen MR) is 75.7 cm³/mol. The van der Waals surface area contributed by atoms with Crippen LogP contribution in [0.1, 0.15) is 53.4 Å². The number of nitriles is 1. The standard InChI is InChI=1S/C14H28NS/c1-5-8-9-14(6-2)12-16(7-3)11-13(4)10-15/h13-14H,5-9,11-12H2,1-4H3/q+1/t13-,14-,16?/m0/s1. The topological polar surface area (TPSA) is 23.8 Å². The highest BCUT2D eigenvalue weighted by Crippen LogP contribution is 2.18. The molecule has 0 amide bonds. The van der Waals surface area contributed by atoms with Crippen molar-refractivity contribution in [1.29, 1.82) is 5.26 Å². The summed E-state index contributed by atoms with van der Waals surface area (Å²) in [7, 11) is 0.483. The van der Waals surface area contributed by atoms with Gasteiger partial charge >= 0.3 is 0 Å². The zero-order valence-electron chi connectivity index (χ0n) is 11.5. The molecule has 0 aromatic heterocycles. The molecule has 0 aromatic rings. The maximum Gasteiger partial charge on any atom is 0.123 e. The van der Waals surface area contributed by atoms with Crippen LogP contribution in [0.4, 0.5) is 0 Å². The van der Waals surface area contributed by atoms with Gasteiger partial charge in [-0.25, -0.2) is 0 Å². The molecule has 1 unspecified atom stereocenters. The maximum absolute atomic E-state index is 8.87. The van der Waals surface area contributed by atoms with Gasteiger partial charge in [0.2, 0.25) is 0 Å². The molecule has 16 heavy (non-hydrogen) atoms. The van der Waals surface area contributed by atoms with Gasteiger partial charge in [-0.1, -0.05) is 26.7 Å². The fraction of sp³-hybridized carbons (Fsp3) is 0.929. The molecule has 0 bridgehead atoms. The number of hydrogen-bond donors (Lipinski definition) is 0. The molecule has 3 atom stereocenters. The Labute approximate surface area is 105 Å². The molecule has 0 N–H and O–H groups in total. The molecule has 0 aliphatic heterocycles. The lowest BCUT2D eigenvalue weighted by atomic mass is 10.0. The van der Waals surface area contributed by atoms with Gasteiger partial charge in [0, 0.05) is 5.92 Å². The highest BCUT2D eigenvalue weighted by molar-refractivity contribution is 7.96. The largest absolute Gasteiger partial charge is 0.198 e. The Morgan fingerprint density at radius 1 is 1.19 bits per heavy atom. The molecule has 0 saturated heterocycles.